The molecule has 1 aromatic heterocycles. The molecule has 2 heterocycles. The summed E-state index contributed by atoms with van der Waals surface area (Å²) < 4.78 is 22.0. The molecule has 2 fully saturated rings. The molecule has 0 spiro atoms. The van der Waals surface area contributed by atoms with Crippen molar-refractivity contribution in [2.24, 2.45) is 25.9 Å². The summed E-state index contributed by atoms with van der Waals surface area (Å²) in [6.07, 6.45) is 1.55. The van der Waals surface area contributed by atoms with Crippen LogP contribution < -0.4 is 16.0 Å². The van der Waals surface area contributed by atoms with E-state index in [1.807, 2.05) is 0 Å². The number of benzene rings is 1. The number of carbonyl (C=O) groups excluding carboxylic acids is 1. The zero-order valence-corrected chi connectivity index (χ0v) is 15.8. The van der Waals surface area contributed by atoms with Gasteiger partial charge in [0.05, 0.1) is 0 Å². The summed E-state index contributed by atoms with van der Waals surface area (Å²) in [6, 6.07) is 7.51. The molecule has 3 atom stereocenters. The number of aromatic nitrogens is 2. The maximum absolute atomic E-state index is 13.9. The average molecular weight is 387 g/mol. The minimum Gasteiger partial charge on any atom is -0.487 e. The predicted octanol–water partition coefficient (Wildman–Crippen LogP) is 1.15. The zero-order chi connectivity index (χ0) is 20.0. The third kappa shape index (κ3) is 3.02. The van der Waals surface area contributed by atoms with Crippen LogP contribution in [0.25, 0.3) is 0 Å². The Labute approximate surface area is 161 Å². The number of carbonyl (C=O) groups is 1. The molecule has 148 valence electrons. The molecule has 4 rings (SSSR count). The van der Waals surface area contributed by atoms with Crippen LogP contribution in [-0.4, -0.2) is 39.1 Å². The Kier molecular flexibility index (Phi) is 4.56. The van der Waals surface area contributed by atoms with E-state index in [0.717, 1.165) is 17.4 Å². The molecule has 0 N–H and O–H groups in total. The number of hydrogen-bond acceptors (Lipinski definition) is 4. The number of nitrogens with zero attached hydrogens (tertiary/aromatic N) is 3. The van der Waals surface area contributed by atoms with E-state index >= 15 is 0 Å². The molecule has 1 aliphatic carbocycles. The lowest BCUT2D eigenvalue weighted by Crippen LogP contribution is -2.42. The first-order valence-electron chi connectivity index (χ1n) is 9.34. The molecule has 0 radical (unpaired) electrons. The maximum Gasteiger partial charge on any atom is 0.331 e. The van der Waals surface area contributed by atoms with Crippen LogP contribution in [0.15, 0.2) is 39.9 Å². The van der Waals surface area contributed by atoms with Gasteiger partial charge in [-0.3, -0.25) is 18.7 Å². The highest BCUT2D eigenvalue weighted by atomic mass is 19.1. The molecular formula is C20H22FN3O4. The van der Waals surface area contributed by atoms with E-state index in [4.69, 9.17) is 4.74 Å². The van der Waals surface area contributed by atoms with Gasteiger partial charge in [0.2, 0.25) is 0 Å². The van der Waals surface area contributed by atoms with Gasteiger partial charge in [-0.05, 0) is 30.9 Å². The molecule has 2 aromatic rings. The summed E-state index contributed by atoms with van der Waals surface area (Å²) in [5.74, 6) is -0.133. The van der Waals surface area contributed by atoms with Crippen molar-refractivity contribution < 1.29 is 13.9 Å². The van der Waals surface area contributed by atoms with E-state index in [1.165, 1.54) is 30.8 Å². The average Bonchev–Trinajstić information content (AvgIpc) is 3.26. The van der Waals surface area contributed by atoms with Crippen LogP contribution in [0.1, 0.15) is 23.3 Å². The van der Waals surface area contributed by atoms with Crippen molar-refractivity contribution in [2.75, 3.05) is 13.1 Å². The Morgan fingerprint density at radius 2 is 1.86 bits per heavy atom. The Hall–Kier alpha value is -2.90. The summed E-state index contributed by atoms with van der Waals surface area (Å²) in [7, 11) is 2.86. The first-order valence-corrected chi connectivity index (χ1v) is 9.34. The van der Waals surface area contributed by atoms with Gasteiger partial charge in [-0.1, -0.05) is 12.1 Å². The Bertz CT molecular complexity index is 1040. The largest absolute Gasteiger partial charge is 0.487 e. The molecule has 2 aliphatic rings. The van der Waals surface area contributed by atoms with Gasteiger partial charge in [0.15, 0.2) is 11.6 Å². The fourth-order valence-corrected chi connectivity index (χ4v) is 4.33. The quantitative estimate of drug-likeness (QED) is 0.792. The number of rotatable bonds is 3. The second-order valence-corrected chi connectivity index (χ2v) is 7.57. The normalized spacial score (nSPS) is 23.7. The van der Waals surface area contributed by atoms with Gasteiger partial charge in [-0.15, -0.1) is 0 Å². The van der Waals surface area contributed by atoms with Crippen molar-refractivity contribution in [3.8, 4) is 5.75 Å². The first-order chi connectivity index (χ1) is 13.4. The third-order valence-corrected chi connectivity index (χ3v) is 5.94. The number of likely N-dealkylation sites (tertiary alicyclic amines) is 1. The van der Waals surface area contributed by atoms with Crippen LogP contribution in [0.4, 0.5) is 4.39 Å². The van der Waals surface area contributed by atoms with E-state index in [-0.39, 0.29) is 35.3 Å². The fourth-order valence-electron chi connectivity index (χ4n) is 4.33. The predicted molar refractivity (Wildman–Crippen MR) is 99.9 cm³/mol. The van der Waals surface area contributed by atoms with E-state index < -0.39 is 17.1 Å². The topological polar surface area (TPSA) is 73.5 Å². The summed E-state index contributed by atoms with van der Waals surface area (Å²) in [6.45, 7) is 1.01. The highest BCUT2D eigenvalue weighted by molar-refractivity contribution is 5.92. The maximum atomic E-state index is 13.9. The standard InChI is InChI=1S/C20H22FN3O4/c1-22-15(9-18(25)23(2)20(22)27)19(26)24-10-12-7-8-16(13(12)11-24)28-17-6-4-3-5-14(17)21/h3-6,9,12-13,16H,7-8,10-11H2,1-2H3/t12-,13+,16-/m0/s1. The van der Waals surface area contributed by atoms with Crippen LogP contribution in [0.5, 0.6) is 5.75 Å². The van der Waals surface area contributed by atoms with Gasteiger partial charge in [0, 0.05) is 39.2 Å². The lowest BCUT2D eigenvalue weighted by atomic mass is 9.99. The molecule has 1 saturated heterocycles. The molecule has 0 bridgehead atoms. The van der Waals surface area contributed by atoms with Crippen LogP contribution in [0, 0.1) is 17.7 Å². The monoisotopic (exact) mass is 387 g/mol. The zero-order valence-electron chi connectivity index (χ0n) is 15.8. The van der Waals surface area contributed by atoms with Crippen LogP contribution >= 0.6 is 0 Å². The number of ether oxygens (including phenoxy) is 1. The highest BCUT2D eigenvalue weighted by Gasteiger charge is 2.45. The molecule has 1 amide bonds. The number of para-hydroxylation sites is 1. The molecule has 0 unspecified atom stereocenters. The minimum absolute atomic E-state index is 0.0830. The summed E-state index contributed by atoms with van der Waals surface area (Å²) >= 11 is 0. The smallest absolute Gasteiger partial charge is 0.331 e. The fraction of sp³-hybridized carbons (Fsp3) is 0.450. The number of amides is 1. The van der Waals surface area contributed by atoms with Crippen molar-refractivity contribution in [2.45, 2.75) is 18.9 Å². The Morgan fingerprint density at radius 1 is 1.11 bits per heavy atom. The Balaban J connectivity index is 1.53. The van der Waals surface area contributed by atoms with Crippen molar-refractivity contribution >= 4 is 5.91 Å². The Morgan fingerprint density at radius 3 is 2.61 bits per heavy atom. The van der Waals surface area contributed by atoms with Gasteiger partial charge in [0.25, 0.3) is 11.5 Å². The van der Waals surface area contributed by atoms with Crippen LogP contribution in [0.2, 0.25) is 0 Å². The first kappa shape index (κ1) is 18.5. The van der Waals surface area contributed by atoms with Gasteiger partial charge in [0.1, 0.15) is 11.8 Å². The van der Waals surface area contributed by atoms with Gasteiger partial charge < -0.3 is 9.64 Å². The minimum atomic E-state index is -0.531. The SMILES string of the molecule is Cn1c(C(=O)N2C[C@@H]3CC[C@H](Oc4ccccc4F)[C@@H]3C2)cc(=O)n(C)c1=O. The van der Waals surface area contributed by atoms with Gasteiger partial charge in [-0.2, -0.15) is 0 Å². The molecule has 1 saturated carbocycles. The van der Waals surface area contributed by atoms with E-state index in [0.29, 0.717) is 13.1 Å². The highest BCUT2D eigenvalue weighted by Crippen LogP contribution is 2.40. The second kappa shape index (κ2) is 6.92. The van der Waals surface area contributed by atoms with Crippen molar-refractivity contribution in [1.82, 2.24) is 14.0 Å². The van der Waals surface area contributed by atoms with Gasteiger partial charge in [-0.25, -0.2) is 9.18 Å². The van der Waals surface area contributed by atoms with Crippen molar-refractivity contribution in [3.63, 3.8) is 0 Å². The molecular weight excluding hydrogens is 365 g/mol. The molecule has 8 heteroatoms. The van der Waals surface area contributed by atoms with Crippen molar-refractivity contribution in [1.29, 1.82) is 0 Å². The third-order valence-electron chi connectivity index (χ3n) is 5.94. The summed E-state index contributed by atoms with van der Waals surface area (Å²) in [5, 5.41) is 0. The summed E-state index contributed by atoms with van der Waals surface area (Å²) in [4.78, 5) is 38.7. The molecule has 7 nitrogen and oxygen atoms in total. The van der Waals surface area contributed by atoms with Crippen LogP contribution in [0.3, 0.4) is 0 Å². The lowest BCUT2D eigenvalue weighted by Gasteiger charge is -2.22. The number of hydrogen-bond donors (Lipinski definition) is 0. The lowest BCUT2D eigenvalue weighted by molar-refractivity contribution is 0.0749. The van der Waals surface area contributed by atoms with E-state index in [9.17, 15) is 18.8 Å². The van der Waals surface area contributed by atoms with E-state index in [1.54, 1.807) is 23.1 Å². The van der Waals surface area contributed by atoms with Gasteiger partial charge >= 0.3 is 5.69 Å². The second-order valence-electron chi connectivity index (χ2n) is 7.57. The van der Waals surface area contributed by atoms with E-state index in [2.05, 4.69) is 0 Å². The van der Waals surface area contributed by atoms with Crippen LogP contribution in [-0.2, 0) is 14.1 Å². The van der Waals surface area contributed by atoms with Crippen molar-refractivity contribution in [3.05, 3.63) is 62.7 Å². The summed E-state index contributed by atoms with van der Waals surface area (Å²) in [5.41, 5.74) is -0.956. The number of fused-ring (bicyclic) bond motifs is 1. The number of halogens is 1. The molecule has 1 aliphatic heterocycles. The molecule has 1 aromatic carbocycles. The molecule has 28 heavy (non-hydrogen) atoms.